The Kier molecular flexibility index (Phi) is 4.37. The van der Waals surface area contributed by atoms with Gasteiger partial charge >= 0.3 is 0 Å². The molecule has 3 heteroatoms. The largest absolute Gasteiger partial charge is 0.368 e. The Balaban J connectivity index is 1.69. The average Bonchev–Trinajstić information content (AvgIpc) is 2.57. The van der Waals surface area contributed by atoms with Crippen LogP contribution in [0.5, 0.6) is 0 Å². The van der Waals surface area contributed by atoms with E-state index in [-0.39, 0.29) is 5.91 Å². The van der Waals surface area contributed by atoms with E-state index < -0.39 is 0 Å². The predicted molar refractivity (Wildman–Crippen MR) is 95.2 cm³/mol. The molecule has 1 fully saturated rings. The standard InChI is InChI=1S/C20H24N2O/c1-15-6-4-8-18(14-15)21-10-12-22(13-11-21)20(23)19-9-5-7-16(2)17(19)3/h4-9,14H,10-13H2,1-3H3. The second-order valence-electron chi connectivity index (χ2n) is 6.37. The molecule has 0 aromatic heterocycles. The number of carbonyl (C=O) groups excluding carboxylic acids is 1. The van der Waals surface area contributed by atoms with Crippen LogP contribution < -0.4 is 4.90 Å². The summed E-state index contributed by atoms with van der Waals surface area (Å²) < 4.78 is 0. The highest BCUT2D eigenvalue weighted by molar-refractivity contribution is 5.96. The van der Waals surface area contributed by atoms with Crippen LogP contribution in [-0.4, -0.2) is 37.0 Å². The Hall–Kier alpha value is -2.29. The van der Waals surface area contributed by atoms with Crippen LogP contribution in [0.15, 0.2) is 42.5 Å². The first-order valence-electron chi connectivity index (χ1n) is 8.23. The summed E-state index contributed by atoms with van der Waals surface area (Å²) in [5, 5.41) is 0. The van der Waals surface area contributed by atoms with Crippen molar-refractivity contribution >= 4 is 11.6 Å². The van der Waals surface area contributed by atoms with Crippen molar-refractivity contribution in [2.45, 2.75) is 20.8 Å². The number of anilines is 1. The molecule has 3 rings (SSSR count). The number of piperazine rings is 1. The molecule has 1 aliphatic rings. The molecule has 0 unspecified atom stereocenters. The third-order valence-corrected chi connectivity index (χ3v) is 4.77. The number of aryl methyl sites for hydroxylation is 2. The lowest BCUT2D eigenvalue weighted by Crippen LogP contribution is -2.49. The van der Waals surface area contributed by atoms with Crippen molar-refractivity contribution in [3.8, 4) is 0 Å². The zero-order chi connectivity index (χ0) is 16.4. The molecule has 1 aliphatic heterocycles. The van der Waals surface area contributed by atoms with Gasteiger partial charge in [-0.1, -0.05) is 24.3 Å². The third-order valence-electron chi connectivity index (χ3n) is 4.77. The molecule has 0 spiro atoms. The van der Waals surface area contributed by atoms with Gasteiger partial charge in [0, 0.05) is 37.4 Å². The fourth-order valence-electron chi connectivity index (χ4n) is 3.15. The minimum Gasteiger partial charge on any atom is -0.368 e. The maximum atomic E-state index is 12.8. The van der Waals surface area contributed by atoms with Crippen LogP contribution in [0.1, 0.15) is 27.0 Å². The lowest BCUT2D eigenvalue weighted by molar-refractivity contribution is 0.0746. The topological polar surface area (TPSA) is 23.6 Å². The Labute approximate surface area is 138 Å². The monoisotopic (exact) mass is 308 g/mol. The first kappa shape index (κ1) is 15.6. The maximum absolute atomic E-state index is 12.8. The molecule has 1 saturated heterocycles. The maximum Gasteiger partial charge on any atom is 0.254 e. The van der Waals surface area contributed by atoms with E-state index in [0.717, 1.165) is 37.3 Å². The molecular formula is C20H24N2O. The van der Waals surface area contributed by atoms with Gasteiger partial charge in [0.25, 0.3) is 5.91 Å². The van der Waals surface area contributed by atoms with Crippen molar-refractivity contribution in [2.24, 2.45) is 0 Å². The van der Waals surface area contributed by atoms with Crippen molar-refractivity contribution in [1.82, 2.24) is 4.90 Å². The highest BCUT2D eigenvalue weighted by Crippen LogP contribution is 2.20. The van der Waals surface area contributed by atoms with Crippen molar-refractivity contribution in [3.05, 3.63) is 64.7 Å². The summed E-state index contributed by atoms with van der Waals surface area (Å²) in [6.07, 6.45) is 0. The summed E-state index contributed by atoms with van der Waals surface area (Å²) in [5.41, 5.74) is 5.64. The molecule has 23 heavy (non-hydrogen) atoms. The van der Waals surface area contributed by atoms with Crippen LogP contribution >= 0.6 is 0 Å². The van der Waals surface area contributed by atoms with E-state index in [4.69, 9.17) is 0 Å². The minimum atomic E-state index is 0.162. The molecule has 0 atom stereocenters. The van der Waals surface area contributed by atoms with E-state index >= 15 is 0 Å². The van der Waals surface area contributed by atoms with Gasteiger partial charge in [-0.2, -0.15) is 0 Å². The highest BCUT2D eigenvalue weighted by atomic mass is 16.2. The molecule has 2 aromatic carbocycles. The van der Waals surface area contributed by atoms with Crippen LogP contribution in [0.2, 0.25) is 0 Å². The number of nitrogens with zero attached hydrogens (tertiary/aromatic N) is 2. The van der Waals surface area contributed by atoms with Crippen molar-refractivity contribution in [2.75, 3.05) is 31.1 Å². The Bertz CT molecular complexity index is 715. The van der Waals surface area contributed by atoms with Gasteiger partial charge in [0.15, 0.2) is 0 Å². The average molecular weight is 308 g/mol. The van der Waals surface area contributed by atoms with E-state index in [0.29, 0.717) is 0 Å². The summed E-state index contributed by atoms with van der Waals surface area (Å²) >= 11 is 0. The number of carbonyl (C=O) groups is 1. The normalized spacial score (nSPS) is 14.9. The molecule has 1 amide bonds. The van der Waals surface area contributed by atoms with E-state index in [2.05, 4.69) is 49.1 Å². The Morgan fingerprint density at radius 1 is 0.913 bits per heavy atom. The van der Waals surface area contributed by atoms with E-state index in [1.807, 2.05) is 24.0 Å². The molecule has 0 aliphatic carbocycles. The summed E-state index contributed by atoms with van der Waals surface area (Å²) in [4.78, 5) is 17.1. The molecule has 0 N–H and O–H groups in total. The predicted octanol–water partition coefficient (Wildman–Crippen LogP) is 3.57. The summed E-state index contributed by atoms with van der Waals surface area (Å²) in [6.45, 7) is 9.54. The summed E-state index contributed by atoms with van der Waals surface area (Å²) in [6, 6.07) is 14.5. The number of benzene rings is 2. The second-order valence-corrected chi connectivity index (χ2v) is 6.37. The minimum absolute atomic E-state index is 0.162. The quantitative estimate of drug-likeness (QED) is 0.846. The van der Waals surface area contributed by atoms with Gasteiger partial charge in [-0.15, -0.1) is 0 Å². The van der Waals surface area contributed by atoms with Gasteiger partial charge in [0.1, 0.15) is 0 Å². The first-order chi connectivity index (χ1) is 11.1. The van der Waals surface area contributed by atoms with Crippen molar-refractivity contribution in [3.63, 3.8) is 0 Å². The highest BCUT2D eigenvalue weighted by Gasteiger charge is 2.23. The Morgan fingerprint density at radius 2 is 1.61 bits per heavy atom. The first-order valence-corrected chi connectivity index (χ1v) is 8.23. The Morgan fingerprint density at radius 3 is 2.30 bits per heavy atom. The van der Waals surface area contributed by atoms with Gasteiger partial charge < -0.3 is 9.80 Å². The van der Waals surface area contributed by atoms with Gasteiger partial charge in [-0.05, 0) is 55.7 Å². The third kappa shape index (κ3) is 3.24. The summed E-state index contributed by atoms with van der Waals surface area (Å²) in [7, 11) is 0. The van der Waals surface area contributed by atoms with Crippen LogP contribution in [0.25, 0.3) is 0 Å². The van der Waals surface area contributed by atoms with Crippen LogP contribution in [0, 0.1) is 20.8 Å². The molecule has 0 bridgehead atoms. The molecule has 1 heterocycles. The SMILES string of the molecule is Cc1cccc(N2CCN(C(=O)c3cccc(C)c3C)CC2)c1. The van der Waals surface area contributed by atoms with Crippen molar-refractivity contribution < 1.29 is 4.79 Å². The number of amides is 1. The number of hydrogen-bond acceptors (Lipinski definition) is 2. The van der Waals surface area contributed by atoms with E-state index in [1.54, 1.807) is 0 Å². The van der Waals surface area contributed by atoms with Gasteiger partial charge in [-0.25, -0.2) is 0 Å². The van der Waals surface area contributed by atoms with Crippen molar-refractivity contribution in [1.29, 1.82) is 0 Å². The van der Waals surface area contributed by atoms with E-state index in [9.17, 15) is 4.79 Å². The van der Waals surface area contributed by atoms with Crippen LogP contribution in [0.4, 0.5) is 5.69 Å². The molecule has 3 nitrogen and oxygen atoms in total. The number of hydrogen-bond donors (Lipinski definition) is 0. The van der Waals surface area contributed by atoms with Gasteiger partial charge in [0.05, 0.1) is 0 Å². The lowest BCUT2D eigenvalue weighted by atomic mass is 10.0. The molecular weight excluding hydrogens is 284 g/mol. The summed E-state index contributed by atoms with van der Waals surface area (Å²) in [5.74, 6) is 0.162. The van der Waals surface area contributed by atoms with Crippen LogP contribution in [-0.2, 0) is 0 Å². The molecule has 0 radical (unpaired) electrons. The zero-order valence-electron chi connectivity index (χ0n) is 14.2. The smallest absolute Gasteiger partial charge is 0.254 e. The fourth-order valence-corrected chi connectivity index (χ4v) is 3.15. The second kappa shape index (κ2) is 6.45. The van der Waals surface area contributed by atoms with E-state index in [1.165, 1.54) is 16.8 Å². The van der Waals surface area contributed by atoms with Gasteiger partial charge in [0.2, 0.25) is 0 Å². The van der Waals surface area contributed by atoms with Gasteiger partial charge in [-0.3, -0.25) is 4.79 Å². The zero-order valence-corrected chi connectivity index (χ0v) is 14.2. The number of rotatable bonds is 2. The fraction of sp³-hybridized carbons (Fsp3) is 0.350. The van der Waals surface area contributed by atoms with Crippen LogP contribution in [0.3, 0.4) is 0 Å². The molecule has 0 saturated carbocycles. The molecule has 120 valence electrons. The lowest BCUT2D eigenvalue weighted by Gasteiger charge is -2.36. The molecule has 2 aromatic rings.